The Bertz CT molecular complexity index is 1030. The number of nitrogens with zero attached hydrogens (tertiary/aromatic N) is 3. The van der Waals surface area contributed by atoms with Crippen molar-refractivity contribution in [2.45, 2.75) is 38.3 Å². The predicted octanol–water partition coefficient (Wildman–Crippen LogP) is 4.08. The van der Waals surface area contributed by atoms with Crippen molar-refractivity contribution < 1.29 is 4.92 Å². The average Bonchev–Trinajstić information content (AvgIpc) is 2.77. The minimum absolute atomic E-state index is 0.113. The van der Waals surface area contributed by atoms with Crippen LogP contribution in [0.5, 0.6) is 0 Å². The molecule has 4 rings (SSSR count). The van der Waals surface area contributed by atoms with Crippen molar-refractivity contribution >= 4 is 28.2 Å². The van der Waals surface area contributed by atoms with Crippen molar-refractivity contribution in [2.75, 3.05) is 17.2 Å². The number of rotatable bonds is 7. The molecule has 0 unspecified atom stereocenters. The van der Waals surface area contributed by atoms with Crippen LogP contribution in [0.2, 0.25) is 0 Å². The van der Waals surface area contributed by atoms with Gasteiger partial charge in [-0.3, -0.25) is 10.1 Å². The Hall–Kier alpha value is -3.26. The molecule has 3 aromatic rings. The molecular weight excluding hydrogens is 380 g/mol. The SMILES string of the molecule is N[C@H]1CC[C@H](CNc2nc(NCc3cccc4ccccc34)ncc2[N+](=O)[O-])CC1. The molecule has 156 valence electrons. The van der Waals surface area contributed by atoms with E-state index in [0.717, 1.165) is 42.0 Å². The van der Waals surface area contributed by atoms with Gasteiger partial charge in [0.25, 0.3) is 0 Å². The van der Waals surface area contributed by atoms with Gasteiger partial charge >= 0.3 is 5.69 Å². The predicted molar refractivity (Wildman–Crippen MR) is 118 cm³/mol. The third kappa shape index (κ3) is 4.65. The van der Waals surface area contributed by atoms with Crippen molar-refractivity contribution in [3.63, 3.8) is 0 Å². The van der Waals surface area contributed by atoms with Crippen molar-refractivity contribution in [1.29, 1.82) is 0 Å². The van der Waals surface area contributed by atoms with Crippen LogP contribution in [-0.2, 0) is 6.54 Å². The fourth-order valence-corrected chi connectivity index (χ4v) is 3.98. The first kappa shape index (κ1) is 20.0. The summed E-state index contributed by atoms with van der Waals surface area (Å²) >= 11 is 0. The standard InChI is InChI=1S/C22H26N6O2/c23-18-10-8-15(9-11-18)12-24-21-20(28(29)30)14-26-22(27-21)25-13-17-6-3-5-16-4-1-2-7-19(16)17/h1-7,14-15,18H,8-13,23H2,(H2,24,25,26,27)/t15-,18-. The molecule has 0 amide bonds. The lowest BCUT2D eigenvalue weighted by Gasteiger charge is -2.26. The highest BCUT2D eigenvalue weighted by molar-refractivity contribution is 5.85. The van der Waals surface area contributed by atoms with E-state index in [0.29, 0.717) is 25.0 Å². The van der Waals surface area contributed by atoms with Crippen molar-refractivity contribution in [2.24, 2.45) is 11.7 Å². The molecule has 1 aliphatic carbocycles. The number of hydrogen-bond acceptors (Lipinski definition) is 7. The van der Waals surface area contributed by atoms with Gasteiger partial charge in [-0.25, -0.2) is 4.98 Å². The van der Waals surface area contributed by atoms with Crippen molar-refractivity contribution in [1.82, 2.24) is 9.97 Å². The molecule has 1 saturated carbocycles. The van der Waals surface area contributed by atoms with Crippen LogP contribution in [0.4, 0.5) is 17.5 Å². The molecule has 0 bridgehead atoms. The van der Waals surface area contributed by atoms with E-state index >= 15 is 0 Å². The third-order valence-electron chi connectivity index (χ3n) is 5.73. The molecule has 0 radical (unpaired) electrons. The van der Waals surface area contributed by atoms with E-state index in [1.807, 2.05) is 24.3 Å². The molecule has 1 fully saturated rings. The van der Waals surface area contributed by atoms with E-state index in [-0.39, 0.29) is 17.5 Å². The minimum Gasteiger partial charge on any atom is -0.364 e. The van der Waals surface area contributed by atoms with Crippen molar-refractivity contribution in [3.05, 3.63) is 64.3 Å². The van der Waals surface area contributed by atoms with Crippen LogP contribution in [0.25, 0.3) is 10.8 Å². The van der Waals surface area contributed by atoms with Crippen LogP contribution in [0.1, 0.15) is 31.2 Å². The Morgan fingerprint density at radius 1 is 1.07 bits per heavy atom. The molecule has 1 aliphatic rings. The zero-order valence-corrected chi connectivity index (χ0v) is 16.8. The molecule has 0 atom stereocenters. The molecule has 8 nitrogen and oxygen atoms in total. The maximum atomic E-state index is 11.4. The van der Waals surface area contributed by atoms with Gasteiger partial charge in [0.05, 0.1) is 4.92 Å². The Labute approximate surface area is 175 Å². The zero-order chi connectivity index (χ0) is 20.9. The summed E-state index contributed by atoms with van der Waals surface area (Å²) in [7, 11) is 0. The summed E-state index contributed by atoms with van der Waals surface area (Å²) in [6, 6.07) is 14.6. The van der Waals surface area contributed by atoms with Gasteiger partial charge in [0.1, 0.15) is 6.20 Å². The number of anilines is 2. The number of benzene rings is 2. The van der Waals surface area contributed by atoms with Gasteiger partial charge in [0.2, 0.25) is 11.8 Å². The molecule has 0 spiro atoms. The van der Waals surface area contributed by atoms with Crippen LogP contribution in [0.3, 0.4) is 0 Å². The molecule has 0 saturated heterocycles. The maximum Gasteiger partial charge on any atom is 0.329 e. The van der Waals surface area contributed by atoms with Crippen LogP contribution < -0.4 is 16.4 Å². The van der Waals surface area contributed by atoms with Crippen LogP contribution in [-0.4, -0.2) is 27.5 Å². The van der Waals surface area contributed by atoms with Gasteiger partial charge in [0.15, 0.2) is 0 Å². The highest BCUT2D eigenvalue weighted by atomic mass is 16.6. The summed E-state index contributed by atoms with van der Waals surface area (Å²) in [5.41, 5.74) is 6.97. The Kier molecular flexibility index (Phi) is 6.04. The smallest absolute Gasteiger partial charge is 0.329 e. The number of fused-ring (bicyclic) bond motifs is 1. The van der Waals surface area contributed by atoms with Gasteiger partial charge in [-0.2, -0.15) is 4.98 Å². The Balaban J connectivity index is 1.47. The van der Waals surface area contributed by atoms with E-state index in [1.54, 1.807) is 0 Å². The molecule has 2 aromatic carbocycles. The van der Waals surface area contributed by atoms with Gasteiger partial charge < -0.3 is 16.4 Å². The zero-order valence-electron chi connectivity index (χ0n) is 16.8. The summed E-state index contributed by atoms with van der Waals surface area (Å²) < 4.78 is 0. The fraction of sp³-hybridized carbons (Fsp3) is 0.364. The maximum absolute atomic E-state index is 11.4. The second-order valence-corrected chi connectivity index (χ2v) is 7.84. The molecule has 4 N–H and O–H groups in total. The second kappa shape index (κ2) is 9.04. The number of hydrogen-bond donors (Lipinski definition) is 3. The van der Waals surface area contributed by atoms with Gasteiger partial charge in [0, 0.05) is 19.1 Å². The van der Waals surface area contributed by atoms with E-state index in [9.17, 15) is 10.1 Å². The lowest BCUT2D eigenvalue weighted by Crippen LogP contribution is -2.29. The van der Waals surface area contributed by atoms with Gasteiger partial charge in [-0.15, -0.1) is 0 Å². The Morgan fingerprint density at radius 2 is 1.83 bits per heavy atom. The molecular formula is C22H26N6O2. The van der Waals surface area contributed by atoms with Crippen LogP contribution in [0.15, 0.2) is 48.7 Å². The summed E-state index contributed by atoms with van der Waals surface area (Å²) in [5.74, 6) is 1.07. The second-order valence-electron chi connectivity index (χ2n) is 7.84. The quantitative estimate of drug-likeness (QED) is 0.399. The molecule has 1 aromatic heterocycles. The molecule has 30 heavy (non-hydrogen) atoms. The first-order valence-corrected chi connectivity index (χ1v) is 10.3. The lowest BCUT2D eigenvalue weighted by molar-refractivity contribution is -0.384. The lowest BCUT2D eigenvalue weighted by atomic mass is 9.86. The topological polar surface area (TPSA) is 119 Å². The third-order valence-corrected chi connectivity index (χ3v) is 5.73. The normalized spacial score (nSPS) is 18.8. The highest BCUT2D eigenvalue weighted by Gasteiger charge is 2.21. The van der Waals surface area contributed by atoms with Crippen LogP contribution >= 0.6 is 0 Å². The number of aromatic nitrogens is 2. The van der Waals surface area contributed by atoms with E-state index in [4.69, 9.17) is 5.73 Å². The highest BCUT2D eigenvalue weighted by Crippen LogP contribution is 2.27. The Morgan fingerprint density at radius 3 is 2.63 bits per heavy atom. The number of nitrogens with one attached hydrogen (secondary N) is 2. The minimum atomic E-state index is -0.451. The molecule has 0 aliphatic heterocycles. The first-order chi connectivity index (χ1) is 14.6. The number of nitrogens with two attached hydrogens (primary N) is 1. The van der Waals surface area contributed by atoms with E-state index in [1.165, 1.54) is 6.20 Å². The fourth-order valence-electron chi connectivity index (χ4n) is 3.98. The number of nitro groups is 1. The molecule has 8 heteroatoms. The van der Waals surface area contributed by atoms with Gasteiger partial charge in [-0.1, -0.05) is 42.5 Å². The largest absolute Gasteiger partial charge is 0.364 e. The monoisotopic (exact) mass is 406 g/mol. The van der Waals surface area contributed by atoms with Crippen molar-refractivity contribution in [3.8, 4) is 0 Å². The summed E-state index contributed by atoms with van der Waals surface area (Å²) in [4.78, 5) is 19.5. The first-order valence-electron chi connectivity index (χ1n) is 10.3. The van der Waals surface area contributed by atoms with Crippen LogP contribution in [0, 0.1) is 16.0 Å². The summed E-state index contributed by atoms with van der Waals surface area (Å²) in [6.07, 6.45) is 5.31. The summed E-state index contributed by atoms with van der Waals surface area (Å²) in [6.45, 7) is 1.17. The summed E-state index contributed by atoms with van der Waals surface area (Å²) in [5, 5.41) is 20.1. The molecule has 1 heterocycles. The van der Waals surface area contributed by atoms with Gasteiger partial charge in [-0.05, 0) is 47.9 Å². The van der Waals surface area contributed by atoms with E-state index in [2.05, 4.69) is 38.8 Å². The average molecular weight is 406 g/mol. The van der Waals surface area contributed by atoms with E-state index < -0.39 is 4.92 Å².